The summed E-state index contributed by atoms with van der Waals surface area (Å²) in [5.41, 5.74) is 1.04. The minimum atomic E-state index is 0.746. The molecule has 0 fully saturated rings. The Morgan fingerprint density at radius 3 is 2.65 bits per heavy atom. The van der Waals surface area contributed by atoms with Crippen molar-refractivity contribution in [3.8, 4) is 0 Å². The van der Waals surface area contributed by atoms with Crippen LogP contribution in [0.2, 0.25) is 0 Å². The van der Waals surface area contributed by atoms with Gasteiger partial charge in [-0.1, -0.05) is 36.7 Å². The summed E-state index contributed by atoms with van der Waals surface area (Å²) in [6, 6.07) is 0. The van der Waals surface area contributed by atoms with E-state index in [4.69, 9.17) is 0 Å². The van der Waals surface area contributed by atoms with Gasteiger partial charge in [-0.3, -0.25) is 0 Å². The van der Waals surface area contributed by atoms with E-state index in [1.807, 2.05) is 25.3 Å². The van der Waals surface area contributed by atoms with Crippen molar-refractivity contribution in [1.29, 1.82) is 0 Å². The third kappa shape index (κ3) is 10.9. The third-order valence-corrected chi connectivity index (χ3v) is 1.87. The highest BCUT2D eigenvalue weighted by atomic mass is 32.1. The van der Waals surface area contributed by atoms with Crippen molar-refractivity contribution in [3.63, 3.8) is 0 Å². The maximum atomic E-state index is 4.34. The zero-order valence-corrected chi connectivity index (χ0v) is 11.5. The van der Waals surface area contributed by atoms with Gasteiger partial charge in [0.2, 0.25) is 0 Å². The number of thiol groups is 1. The monoisotopic (exact) mass is 249 g/mol. The fourth-order valence-electron chi connectivity index (χ4n) is 1.03. The Bertz CT molecular complexity index is 374. The van der Waals surface area contributed by atoms with Crippen molar-refractivity contribution >= 4 is 25.7 Å². The molecule has 3 heteroatoms. The van der Waals surface area contributed by atoms with Crippen LogP contribution < -0.4 is 0 Å². The first-order chi connectivity index (χ1) is 8.06. The summed E-state index contributed by atoms with van der Waals surface area (Å²) in [5, 5.41) is 0. The van der Waals surface area contributed by atoms with Crippen molar-refractivity contribution in [3.05, 3.63) is 47.6 Å². The lowest BCUT2D eigenvalue weighted by Gasteiger charge is -1.89. The average molecular weight is 249 g/mol. The van der Waals surface area contributed by atoms with Gasteiger partial charge < -0.3 is 0 Å². The van der Waals surface area contributed by atoms with Gasteiger partial charge in [-0.2, -0.15) is 0 Å². The minimum absolute atomic E-state index is 0.746. The number of aliphatic imine (C=N–C) groups is 1. The molecule has 0 aliphatic heterocycles. The summed E-state index contributed by atoms with van der Waals surface area (Å²) in [5.74, 6) is 0. The van der Waals surface area contributed by atoms with Crippen molar-refractivity contribution in [2.45, 2.75) is 19.8 Å². The van der Waals surface area contributed by atoms with Gasteiger partial charge in [0, 0.05) is 6.42 Å². The number of allylic oxidation sites excluding steroid dienone is 5. The van der Waals surface area contributed by atoms with Crippen LogP contribution in [0, 0.1) is 0 Å². The first-order valence-corrected chi connectivity index (χ1v) is 5.98. The van der Waals surface area contributed by atoms with Gasteiger partial charge in [-0.15, -0.1) is 12.6 Å². The topological polar surface area (TPSA) is 15.4 Å². The van der Waals surface area contributed by atoms with E-state index >= 15 is 0 Å². The zero-order valence-electron chi connectivity index (χ0n) is 10.6. The lowest BCUT2D eigenvalue weighted by Crippen LogP contribution is -1.97. The van der Waals surface area contributed by atoms with Crippen LogP contribution in [0.4, 0.5) is 0 Å². The summed E-state index contributed by atoms with van der Waals surface area (Å²) >= 11 is 4.07. The summed E-state index contributed by atoms with van der Waals surface area (Å²) in [6.45, 7) is 9.47. The number of rotatable bonds is 7. The molecular weight excluding hydrogens is 228 g/mol. The number of hydrogen-bond acceptors (Lipinski definition) is 2. The molecule has 92 valence electrons. The smallest absolute Gasteiger partial charge is 0.247 e. The molecular formula is C14H21N2S+. The first-order valence-electron chi connectivity index (χ1n) is 5.54. The van der Waals surface area contributed by atoms with Gasteiger partial charge in [0.1, 0.15) is 0 Å². The molecule has 0 spiro atoms. The fourth-order valence-corrected chi connectivity index (χ4v) is 1.12. The van der Waals surface area contributed by atoms with Crippen molar-refractivity contribution < 1.29 is 4.58 Å². The average Bonchev–Trinajstić information content (AvgIpc) is 2.24. The summed E-state index contributed by atoms with van der Waals surface area (Å²) in [4.78, 5) is 5.08. The summed E-state index contributed by atoms with van der Waals surface area (Å²) in [6.07, 6.45) is 13.4. The number of nitrogens with zero attached hydrogens (tertiary/aromatic N) is 2. The molecule has 0 aromatic rings. The van der Waals surface area contributed by atoms with Crippen LogP contribution in [0.5, 0.6) is 0 Å². The molecule has 0 saturated carbocycles. The van der Waals surface area contributed by atoms with Gasteiger partial charge in [-0.05, 0) is 23.5 Å². The van der Waals surface area contributed by atoms with E-state index in [1.165, 1.54) is 0 Å². The Balaban J connectivity index is 4.33. The van der Waals surface area contributed by atoms with E-state index in [9.17, 15) is 0 Å². The second kappa shape index (κ2) is 9.85. The predicted molar refractivity (Wildman–Crippen MR) is 81.2 cm³/mol. The minimum Gasteiger partial charge on any atom is -0.247 e. The molecule has 0 N–H and O–H groups in total. The SMILES string of the molecule is C=C(S)/C=C\C=C/C/C(=C/CC)N=C[N+](=C)C. The van der Waals surface area contributed by atoms with E-state index in [0.29, 0.717) is 0 Å². The largest absolute Gasteiger partial charge is 0.285 e. The third-order valence-electron chi connectivity index (χ3n) is 1.72. The van der Waals surface area contributed by atoms with Gasteiger partial charge in [0.25, 0.3) is 6.34 Å². The number of hydrogen-bond donors (Lipinski definition) is 1. The van der Waals surface area contributed by atoms with Crippen LogP contribution in [0.15, 0.2) is 52.6 Å². The van der Waals surface area contributed by atoms with Crippen molar-refractivity contribution in [2.75, 3.05) is 7.05 Å². The van der Waals surface area contributed by atoms with Gasteiger partial charge >= 0.3 is 0 Å². The summed E-state index contributed by atoms with van der Waals surface area (Å²) < 4.78 is 1.68. The van der Waals surface area contributed by atoms with Crippen LogP contribution in [0.3, 0.4) is 0 Å². The lowest BCUT2D eigenvalue weighted by atomic mass is 10.2. The molecule has 0 radical (unpaired) electrons. The van der Waals surface area contributed by atoms with E-state index in [-0.39, 0.29) is 0 Å². The van der Waals surface area contributed by atoms with Crippen LogP contribution in [-0.4, -0.2) is 24.7 Å². The standard InChI is InChI=1S/C14H20N2S/c1-5-9-14(15-12-16(3)4)11-8-6-7-10-13(2)17/h6-10,12H,2-3,5,11H2,1,4H3/p+1/b8-6-,10-7-,14-9-,15-12?. The molecule has 0 saturated heterocycles. The molecule has 0 unspecified atom stereocenters. The maximum absolute atomic E-state index is 4.34. The molecule has 0 aromatic heterocycles. The molecule has 0 amide bonds. The van der Waals surface area contributed by atoms with Crippen LogP contribution in [0.25, 0.3) is 0 Å². The highest BCUT2D eigenvalue weighted by Crippen LogP contribution is 2.06. The van der Waals surface area contributed by atoms with Crippen LogP contribution in [-0.2, 0) is 0 Å². The van der Waals surface area contributed by atoms with E-state index in [2.05, 4.69) is 50.0 Å². The molecule has 0 aromatic carbocycles. The second-order valence-corrected chi connectivity index (χ2v) is 4.16. The molecule has 17 heavy (non-hydrogen) atoms. The molecule has 0 bridgehead atoms. The van der Waals surface area contributed by atoms with Gasteiger partial charge in [0.15, 0.2) is 5.70 Å². The maximum Gasteiger partial charge on any atom is 0.285 e. The Morgan fingerprint density at radius 2 is 2.12 bits per heavy atom. The predicted octanol–water partition coefficient (Wildman–Crippen LogP) is 3.60. The highest BCUT2D eigenvalue weighted by Gasteiger charge is 1.96. The Labute approximate surface area is 110 Å². The quantitative estimate of drug-likeness (QED) is 0.233. The Morgan fingerprint density at radius 1 is 1.41 bits per heavy atom. The van der Waals surface area contributed by atoms with E-state index in [1.54, 1.807) is 10.9 Å². The van der Waals surface area contributed by atoms with Crippen molar-refractivity contribution in [1.82, 2.24) is 0 Å². The van der Waals surface area contributed by atoms with Gasteiger partial charge in [-0.25, -0.2) is 4.58 Å². The van der Waals surface area contributed by atoms with Crippen molar-refractivity contribution in [2.24, 2.45) is 4.99 Å². The Hall–Kier alpha value is -1.35. The van der Waals surface area contributed by atoms with E-state index in [0.717, 1.165) is 23.4 Å². The highest BCUT2D eigenvalue weighted by molar-refractivity contribution is 7.84. The molecule has 2 nitrogen and oxygen atoms in total. The molecule has 0 heterocycles. The van der Waals surface area contributed by atoms with Crippen LogP contribution in [0.1, 0.15) is 19.8 Å². The van der Waals surface area contributed by atoms with Gasteiger partial charge in [0.05, 0.1) is 13.8 Å². The fraction of sp³-hybridized carbons (Fsp3) is 0.286. The molecule has 0 atom stereocenters. The lowest BCUT2D eigenvalue weighted by molar-refractivity contribution is -0.349. The first kappa shape index (κ1) is 15.7. The zero-order chi connectivity index (χ0) is 13.1. The summed E-state index contributed by atoms with van der Waals surface area (Å²) in [7, 11) is 1.85. The molecule has 0 aliphatic carbocycles. The van der Waals surface area contributed by atoms with Crippen LogP contribution >= 0.6 is 12.6 Å². The molecule has 0 aliphatic rings. The van der Waals surface area contributed by atoms with E-state index < -0.39 is 0 Å². The second-order valence-electron chi connectivity index (χ2n) is 3.59. The Kier molecular flexibility index (Phi) is 9.06. The normalized spacial score (nSPS) is 13.0. The molecule has 0 rings (SSSR count).